The third-order valence-corrected chi connectivity index (χ3v) is 7.80. The van der Waals surface area contributed by atoms with Crippen molar-refractivity contribution in [2.24, 2.45) is 0 Å². The summed E-state index contributed by atoms with van der Waals surface area (Å²) < 4.78 is 33.2. The van der Waals surface area contributed by atoms with Crippen molar-refractivity contribution in [3.63, 3.8) is 0 Å². The van der Waals surface area contributed by atoms with E-state index < -0.39 is 10.0 Å². The Labute approximate surface area is 205 Å². The number of hydrogen-bond acceptors (Lipinski definition) is 6. The molecule has 4 rings (SSSR count). The molecule has 1 aliphatic rings. The Balaban J connectivity index is 1.35. The zero-order valence-electron chi connectivity index (χ0n) is 19.7. The van der Waals surface area contributed by atoms with Crippen LogP contribution in [0.1, 0.15) is 12.5 Å². The minimum atomic E-state index is -3.65. The summed E-state index contributed by atoms with van der Waals surface area (Å²) in [5, 5.41) is 5.46. The van der Waals surface area contributed by atoms with Gasteiger partial charge in [0.05, 0.1) is 12.0 Å². The third kappa shape index (κ3) is 5.90. The number of pyridine rings is 1. The standard InChI is InChI=1S/C25H29N5O4S/c1-19-18-29(14-15-30(19)22-7-9-23(34-2)10-8-22)35(32,33)24-11-5-21(6-12-24)28-25(31)27-17-20-4-3-13-26-16-20/h3-13,16,19H,14-15,17-18H2,1-2H3,(H2,27,28,31)/t19-/m0/s1. The molecule has 0 spiro atoms. The minimum Gasteiger partial charge on any atom is -0.497 e. The molecule has 1 atom stereocenters. The molecule has 1 saturated heterocycles. The number of ether oxygens (including phenoxy) is 1. The van der Waals surface area contributed by atoms with E-state index in [-0.39, 0.29) is 17.0 Å². The van der Waals surface area contributed by atoms with Crippen LogP contribution in [0.5, 0.6) is 5.75 Å². The average Bonchev–Trinajstić information content (AvgIpc) is 2.88. The highest BCUT2D eigenvalue weighted by molar-refractivity contribution is 7.89. The predicted octanol–water partition coefficient (Wildman–Crippen LogP) is 3.31. The van der Waals surface area contributed by atoms with Gasteiger partial charge < -0.3 is 20.3 Å². The summed E-state index contributed by atoms with van der Waals surface area (Å²) in [5.74, 6) is 0.784. The third-order valence-electron chi connectivity index (χ3n) is 5.92. The largest absolute Gasteiger partial charge is 0.497 e. The van der Waals surface area contributed by atoms with E-state index in [0.717, 1.165) is 17.0 Å². The molecule has 1 fully saturated rings. The first kappa shape index (κ1) is 24.5. The van der Waals surface area contributed by atoms with Crippen LogP contribution in [-0.2, 0) is 16.6 Å². The van der Waals surface area contributed by atoms with Crippen molar-refractivity contribution >= 4 is 27.4 Å². The van der Waals surface area contributed by atoms with Gasteiger partial charge in [0.25, 0.3) is 0 Å². The van der Waals surface area contributed by atoms with Crippen molar-refractivity contribution in [2.45, 2.75) is 24.4 Å². The summed E-state index contributed by atoms with van der Waals surface area (Å²) >= 11 is 0. The van der Waals surface area contributed by atoms with Gasteiger partial charge in [-0.15, -0.1) is 0 Å². The molecule has 0 unspecified atom stereocenters. The van der Waals surface area contributed by atoms with Crippen LogP contribution in [0.2, 0.25) is 0 Å². The van der Waals surface area contributed by atoms with E-state index in [1.807, 2.05) is 37.3 Å². The van der Waals surface area contributed by atoms with Crippen LogP contribution in [0.4, 0.5) is 16.2 Å². The Hall–Kier alpha value is -3.63. The number of amides is 2. The molecule has 3 aromatic rings. The maximum absolute atomic E-state index is 13.2. The molecule has 184 valence electrons. The number of carbonyl (C=O) groups is 1. The first-order chi connectivity index (χ1) is 16.9. The number of piperazine rings is 1. The normalized spacial score (nSPS) is 16.5. The van der Waals surface area contributed by atoms with E-state index in [2.05, 4.69) is 20.5 Å². The number of rotatable bonds is 7. The van der Waals surface area contributed by atoms with Gasteiger partial charge in [-0.1, -0.05) is 6.07 Å². The number of benzene rings is 2. The van der Waals surface area contributed by atoms with Crippen LogP contribution in [0.15, 0.2) is 78.0 Å². The number of methoxy groups -OCH3 is 1. The van der Waals surface area contributed by atoms with E-state index in [9.17, 15) is 13.2 Å². The molecule has 0 radical (unpaired) electrons. The lowest BCUT2D eigenvalue weighted by Gasteiger charge is -2.40. The molecular weight excluding hydrogens is 466 g/mol. The van der Waals surface area contributed by atoms with Gasteiger partial charge >= 0.3 is 6.03 Å². The van der Waals surface area contributed by atoms with E-state index in [0.29, 0.717) is 31.9 Å². The fourth-order valence-electron chi connectivity index (χ4n) is 4.02. The molecule has 0 saturated carbocycles. The highest BCUT2D eigenvalue weighted by atomic mass is 32.2. The van der Waals surface area contributed by atoms with Crippen molar-refractivity contribution < 1.29 is 17.9 Å². The molecule has 2 N–H and O–H groups in total. The number of nitrogens with one attached hydrogen (secondary N) is 2. The molecular formula is C25H29N5O4S. The molecule has 35 heavy (non-hydrogen) atoms. The van der Waals surface area contributed by atoms with E-state index >= 15 is 0 Å². The Kier molecular flexibility index (Phi) is 7.52. The fraction of sp³-hybridized carbons (Fsp3) is 0.280. The zero-order chi connectivity index (χ0) is 24.8. The van der Waals surface area contributed by atoms with Gasteiger partial charge in [-0.3, -0.25) is 4.98 Å². The van der Waals surface area contributed by atoms with Crippen LogP contribution in [-0.4, -0.2) is 56.5 Å². The molecule has 1 aromatic heterocycles. The maximum atomic E-state index is 13.2. The number of nitrogens with zero attached hydrogens (tertiary/aromatic N) is 3. The molecule has 1 aliphatic heterocycles. The van der Waals surface area contributed by atoms with Crippen molar-refractivity contribution in [2.75, 3.05) is 37.0 Å². The molecule has 9 nitrogen and oxygen atoms in total. The Morgan fingerprint density at radius 2 is 1.83 bits per heavy atom. The van der Waals surface area contributed by atoms with Crippen molar-refractivity contribution in [3.05, 3.63) is 78.6 Å². The van der Waals surface area contributed by atoms with Crippen molar-refractivity contribution in [3.8, 4) is 5.75 Å². The molecule has 2 amide bonds. The first-order valence-corrected chi connectivity index (χ1v) is 12.8. The number of hydrogen-bond donors (Lipinski definition) is 2. The van der Waals surface area contributed by atoms with E-state index in [1.54, 1.807) is 37.7 Å². The summed E-state index contributed by atoms with van der Waals surface area (Å²) in [6.45, 7) is 3.71. The van der Waals surface area contributed by atoms with Gasteiger partial charge in [-0.25, -0.2) is 13.2 Å². The zero-order valence-corrected chi connectivity index (χ0v) is 20.5. The van der Waals surface area contributed by atoms with Gasteiger partial charge in [0, 0.05) is 56.0 Å². The van der Waals surface area contributed by atoms with Gasteiger partial charge in [0.15, 0.2) is 0 Å². The smallest absolute Gasteiger partial charge is 0.319 e. The Morgan fingerprint density at radius 1 is 1.09 bits per heavy atom. The summed E-state index contributed by atoms with van der Waals surface area (Å²) in [4.78, 5) is 18.6. The van der Waals surface area contributed by atoms with Gasteiger partial charge in [-0.05, 0) is 67.1 Å². The number of aromatic nitrogens is 1. The topological polar surface area (TPSA) is 104 Å². The average molecular weight is 496 g/mol. The summed E-state index contributed by atoms with van der Waals surface area (Å²) in [5.41, 5.74) is 2.42. The Bertz CT molecular complexity index is 1240. The van der Waals surface area contributed by atoms with E-state index in [4.69, 9.17) is 4.74 Å². The second-order valence-corrected chi connectivity index (χ2v) is 10.2. The minimum absolute atomic E-state index is 0.0105. The SMILES string of the molecule is COc1ccc(N2CCN(S(=O)(=O)c3ccc(NC(=O)NCc4cccnc4)cc3)C[C@@H]2C)cc1. The number of anilines is 2. The maximum Gasteiger partial charge on any atom is 0.319 e. The second-order valence-electron chi connectivity index (χ2n) is 8.30. The van der Waals surface area contributed by atoms with Crippen LogP contribution in [0.25, 0.3) is 0 Å². The molecule has 2 aromatic carbocycles. The summed E-state index contributed by atoms with van der Waals surface area (Å²) in [7, 11) is -2.02. The van der Waals surface area contributed by atoms with Gasteiger partial charge in [-0.2, -0.15) is 4.31 Å². The monoisotopic (exact) mass is 495 g/mol. The molecule has 0 aliphatic carbocycles. The number of sulfonamides is 1. The lowest BCUT2D eigenvalue weighted by Crippen LogP contribution is -2.53. The van der Waals surface area contributed by atoms with E-state index in [1.165, 1.54) is 16.4 Å². The highest BCUT2D eigenvalue weighted by Crippen LogP contribution is 2.26. The van der Waals surface area contributed by atoms with Gasteiger partial charge in [0.2, 0.25) is 10.0 Å². The number of urea groups is 1. The van der Waals surface area contributed by atoms with Crippen LogP contribution < -0.4 is 20.3 Å². The lowest BCUT2D eigenvalue weighted by molar-refractivity contribution is 0.251. The van der Waals surface area contributed by atoms with Crippen molar-refractivity contribution in [1.29, 1.82) is 0 Å². The quantitative estimate of drug-likeness (QED) is 0.521. The number of carbonyl (C=O) groups excluding carboxylic acids is 1. The lowest BCUT2D eigenvalue weighted by atomic mass is 10.2. The summed E-state index contributed by atoms with van der Waals surface area (Å²) in [6.07, 6.45) is 3.35. The second kappa shape index (κ2) is 10.7. The van der Waals surface area contributed by atoms with Crippen LogP contribution >= 0.6 is 0 Å². The molecule has 2 heterocycles. The predicted molar refractivity (Wildman–Crippen MR) is 135 cm³/mol. The van der Waals surface area contributed by atoms with Crippen LogP contribution in [0, 0.1) is 0 Å². The highest BCUT2D eigenvalue weighted by Gasteiger charge is 2.32. The fourth-order valence-corrected chi connectivity index (χ4v) is 5.53. The van der Waals surface area contributed by atoms with Gasteiger partial charge in [0.1, 0.15) is 5.75 Å². The molecule has 0 bridgehead atoms. The molecule has 10 heteroatoms. The van der Waals surface area contributed by atoms with Crippen LogP contribution in [0.3, 0.4) is 0 Å². The first-order valence-electron chi connectivity index (χ1n) is 11.3. The Morgan fingerprint density at radius 3 is 2.46 bits per heavy atom. The van der Waals surface area contributed by atoms with Crippen molar-refractivity contribution in [1.82, 2.24) is 14.6 Å². The summed E-state index contributed by atoms with van der Waals surface area (Å²) in [6, 6.07) is 17.3.